The predicted molar refractivity (Wildman–Crippen MR) is 82.7 cm³/mol. The number of hydrogen-bond donors (Lipinski definition) is 1. The van der Waals surface area contributed by atoms with Gasteiger partial charge in [-0.2, -0.15) is 5.26 Å². The fourth-order valence-electron chi connectivity index (χ4n) is 1.58. The molecule has 0 fully saturated rings. The fourth-order valence-corrected chi connectivity index (χ4v) is 2.50. The highest BCUT2D eigenvalue weighted by Crippen LogP contribution is 2.24. The van der Waals surface area contributed by atoms with E-state index in [1.165, 1.54) is 0 Å². The first-order valence-corrected chi connectivity index (χ1v) is 6.82. The maximum Gasteiger partial charge on any atom is 0.0991 e. The molecule has 0 aromatic heterocycles. The summed E-state index contributed by atoms with van der Waals surface area (Å²) >= 11 is 8.36. The van der Waals surface area contributed by atoms with E-state index >= 15 is 0 Å². The van der Waals surface area contributed by atoms with Crippen molar-refractivity contribution in [1.82, 2.24) is 0 Å². The molecule has 2 nitrogen and oxygen atoms in total. The summed E-state index contributed by atoms with van der Waals surface area (Å²) in [5, 5.41) is 12.8. The van der Waals surface area contributed by atoms with Crippen LogP contribution < -0.4 is 5.32 Å². The minimum absolute atomic E-state index is 0.649. The molecule has 0 unspecified atom stereocenters. The normalized spacial score (nSPS) is 9.83. The van der Waals surface area contributed by atoms with Crippen molar-refractivity contribution in [2.75, 3.05) is 5.32 Å². The lowest BCUT2D eigenvalue weighted by Gasteiger charge is -2.09. The SMILES string of the molecule is N#Cc1cccc(CNc2ccc(I)cc2Cl)c1. The molecule has 0 saturated heterocycles. The minimum atomic E-state index is 0.649. The molecule has 0 saturated carbocycles. The zero-order valence-corrected chi connectivity index (χ0v) is 12.4. The highest BCUT2D eigenvalue weighted by molar-refractivity contribution is 14.1. The lowest BCUT2D eigenvalue weighted by Crippen LogP contribution is -2.00. The molecule has 4 heteroatoms. The fraction of sp³-hybridized carbons (Fsp3) is 0.0714. The Hall–Kier alpha value is -1.25. The maximum absolute atomic E-state index is 8.83. The molecule has 0 amide bonds. The average Bonchev–Trinajstić information content (AvgIpc) is 2.38. The largest absolute Gasteiger partial charge is 0.380 e. The highest BCUT2D eigenvalue weighted by Gasteiger charge is 2.01. The second-order valence-corrected chi connectivity index (χ2v) is 5.44. The van der Waals surface area contributed by atoms with Crippen LogP contribution >= 0.6 is 34.2 Å². The molecule has 0 aliphatic carbocycles. The van der Waals surface area contributed by atoms with E-state index in [-0.39, 0.29) is 0 Å². The van der Waals surface area contributed by atoms with Crippen molar-refractivity contribution in [3.63, 3.8) is 0 Å². The molecule has 2 aromatic rings. The Balaban J connectivity index is 2.09. The van der Waals surface area contributed by atoms with Gasteiger partial charge in [0.2, 0.25) is 0 Å². The van der Waals surface area contributed by atoms with Crippen molar-refractivity contribution in [2.45, 2.75) is 6.54 Å². The van der Waals surface area contributed by atoms with Crippen LogP contribution in [0.15, 0.2) is 42.5 Å². The molecule has 0 bridgehead atoms. The Morgan fingerprint density at radius 2 is 2.06 bits per heavy atom. The van der Waals surface area contributed by atoms with E-state index in [0.29, 0.717) is 17.1 Å². The summed E-state index contributed by atoms with van der Waals surface area (Å²) in [5.74, 6) is 0. The monoisotopic (exact) mass is 368 g/mol. The molecule has 2 rings (SSSR count). The first kappa shape index (κ1) is 13.2. The summed E-state index contributed by atoms with van der Waals surface area (Å²) in [6, 6.07) is 15.5. The lowest BCUT2D eigenvalue weighted by molar-refractivity contribution is 1.15. The Kier molecular flexibility index (Phi) is 4.45. The van der Waals surface area contributed by atoms with Crippen LogP contribution in [0.1, 0.15) is 11.1 Å². The summed E-state index contributed by atoms with van der Waals surface area (Å²) in [6.07, 6.45) is 0. The van der Waals surface area contributed by atoms with Crippen LogP contribution in [0.4, 0.5) is 5.69 Å². The zero-order valence-electron chi connectivity index (χ0n) is 9.45. The number of halogens is 2. The van der Waals surface area contributed by atoms with Gasteiger partial charge in [0.05, 0.1) is 22.3 Å². The third-order valence-corrected chi connectivity index (χ3v) is 3.45. The lowest BCUT2D eigenvalue weighted by atomic mass is 10.1. The first-order valence-electron chi connectivity index (χ1n) is 5.37. The predicted octanol–water partition coefficient (Wildman–Crippen LogP) is 4.43. The molecular weight excluding hydrogens is 359 g/mol. The summed E-state index contributed by atoms with van der Waals surface area (Å²) in [6.45, 7) is 0.649. The second-order valence-electron chi connectivity index (χ2n) is 3.79. The molecule has 0 heterocycles. The molecule has 0 atom stereocenters. The number of rotatable bonds is 3. The summed E-state index contributed by atoms with van der Waals surface area (Å²) in [7, 11) is 0. The third-order valence-electron chi connectivity index (χ3n) is 2.47. The van der Waals surface area contributed by atoms with Gasteiger partial charge in [0.25, 0.3) is 0 Å². The smallest absolute Gasteiger partial charge is 0.0991 e. The van der Waals surface area contributed by atoms with Gasteiger partial charge in [-0.3, -0.25) is 0 Å². The van der Waals surface area contributed by atoms with Gasteiger partial charge >= 0.3 is 0 Å². The molecule has 2 aromatic carbocycles. The Bertz CT molecular complexity index is 605. The van der Waals surface area contributed by atoms with Gasteiger partial charge in [-0.1, -0.05) is 23.7 Å². The van der Waals surface area contributed by atoms with Gasteiger partial charge in [0.1, 0.15) is 0 Å². The van der Waals surface area contributed by atoms with Gasteiger partial charge in [0, 0.05) is 10.1 Å². The van der Waals surface area contributed by atoms with E-state index in [1.807, 2.05) is 36.4 Å². The Morgan fingerprint density at radius 3 is 2.78 bits per heavy atom. The Morgan fingerprint density at radius 1 is 1.22 bits per heavy atom. The van der Waals surface area contributed by atoms with Gasteiger partial charge < -0.3 is 5.32 Å². The number of nitrogens with one attached hydrogen (secondary N) is 1. The summed E-state index contributed by atoms with van der Waals surface area (Å²) in [4.78, 5) is 0. The summed E-state index contributed by atoms with van der Waals surface area (Å²) in [5.41, 5.74) is 2.63. The number of nitrogens with zero attached hydrogens (tertiary/aromatic N) is 1. The number of benzene rings is 2. The van der Waals surface area contributed by atoms with Crippen LogP contribution in [0.25, 0.3) is 0 Å². The molecule has 0 radical (unpaired) electrons. The average molecular weight is 369 g/mol. The van der Waals surface area contributed by atoms with E-state index in [4.69, 9.17) is 16.9 Å². The van der Waals surface area contributed by atoms with E-state index < -0.39 is 0 Å². The van der Waals surface area contributed by atoms with E-state index in [9.17, 15) is 0 Å². The highest BCUT2D eigenvalue weighted by atomic mass is 127. The van der Waals surface area contributed by atoms with E-state index in [0.717, 1.165) is 14.8 Å². The quantitative estimate of drug-likeness (QED) is 0.814. The van der Waals surface area contributed by atoms with Crippen molar-refractivity contribution >= 4 is 39.9 Å². The van der Waals surface area contributed by atoms with E-state index in [1.54, 1.807) is 6.07 Å². The van der Waals surface area contributed by atoms with Crippen molar-refractivity contribution in [2.24, 2.45) is 0 Å². The standard InChI is InChI=1S/C14H10ClIN2/c15-13-7-12(16)4-5-14(13)18-9-11-3-1-2-10(6-11)8-17/h1-7,18H,9H2. The first-order chi connectivity index (χ1) is 8.69. The van der Waals surface area contributed by atoms with Crippen molar-refractivity contribution in [1.29, 1.82) is 5.26 Å². The van der Waals surface area contributed by atoms with Crippen LogP contribution in [0.3, 0.4) is 0 Å². The molecule has 18 heavy (non-hydrogen) atoms. The van der Waals surface area contributed by atoms with Crippen molar-refractivity contribution in [3.05, 3.63) is 62.2 Å². The van der Waals surface area contributed by atoms with Crippen molar-refractivity contribution < 1.29 is 0 Å². The number of nitriles is 1. The van der Waals surface area contributed by atoms with Crippen LogP contribution in [-0.4, -0.2) is 0 Å². The van der Waals surface area contributed by atoms with Crippen LogP contribution in [0, 0.1) is 14.9 Å². The van der Waals surface area contributed by atoms with E-state index in [2.05, 4.69) is 34.0 Å². The zero-order chi connectivity index (χ0) is 13.0. The Labute approximate surface area is 125 Å². The molecular formula is C14H10ClIN2. The maximum atomic E-state index is 8.83. The minimum Gasteiger partial charge on any atom is -0.380 e. The van der Waals surface area contributed by atoms with Gasteiger partial charge in [-0.05, 0) is 58.5 Å². The molecule has 1 N–H and O–H groups in total. The molecule has 0 aliphatic rings. The molecule has 0 aliphatic heterocycles. The number of hydrogen-bond acceptors (Lipinski definition) is 2. The van der Waals surface area contributed by atoms with Gasteiger partial charge in [-0.15, -0.1) is 0 Å². The van der Waals surface area contributed by atoms with Gasteiger partial charge in [-0.25, -0.2) is 0 Å². The topological polar surface area (TPSA) is 35.8 Å². The van der Waals surface area contributed by atoms with Gasteiger partial charge in [0.15, 0.2) is 0 Å². The van der Waals surface area contributed by atoms with Crippen LogP contribution in [0.2, 0.25) is 5.02 Å². The molecule has 90 valence electrons. The van der Waals surface area contributed by atoms with Crippen molar-refractivity contribution in [3.8, 4) is 6.07 Å². The second kappa shape index (κ2) is 6.07. The molecule has 0 spiro atoms. The number of anilines is 1. The third kappa shape index (κ3) is 3.37. The van der Waals surface area contributed by atoms with Crippen LogP contribution in [0.5, 0.6) is 0 Å². The van der Waals surface area contributed by atoms with Crippen LogP contribution in [-0.2, 0) is 6.54 Å². The summed E-state index contributed by atoms with van der Waals surface area (Å²) < 4.78 is 1.11.